The number of aliphatic hydroxyl groups is 1. The molecule has 0 spiro atoms. The highest BCUT2D eigenvalue weighted by atomic mass is 19.4. The Kier molecular flexibility index (Phi) is 10.4. The van der Waals surface area contributed by atoms with Gasteiger partial charge in [0.05, 0.1) is 17.2 Å². The third kappa shape index (κ3) is 8.04. The summed E-state index contributed by atoms with van der Waals surface area (Å²) < 4.78 is 40.7. The molecule has 0 aliphatic heterocycles. The van der Waals surface area contributed by atoms with E-state index in [4.69, 9.17) is 5.26 Å². The number of nitrogens with zero attached hydrogens (tertiary/aromatic N) is 2. The average molecular weight is 607 g/mol. The van der Waals surface area contributed by atoms with Crippen LogP contribution in [0, 0.1) is 17.2 Å². The first-order valence-corrected chi connectivity index (χ1v) is 14.7. The second kappa shape index (κ2) is 14.1. The van der Waals surface area contributed by atoms with Crippen LogP contribution in [0.4, 0.5) is 18.9 Å². The Morgan fingerprint density at radius 2 is 1.66 bits per heavy atom. The van der Waals surface area contributed by atoms with Gasteiger partial charge in [0, 0.05) is 30.8 Å². The molecule has 0 aromatic heterocycles. The van der Waals surface area contributed by atoms with E-state index in [0.717, 1.165) is 42.5 Å². The van der Waals surface area contributed by atoms with Crippen molar-refractivity contribution in [1.82, 2.24) is 10.2 Å². The van der Waals surface area contributed by atoms with Gasteiger partial charge in [0.15, 0.2) is 0 Å². The first-order valence-electron chi connectivity index (χ1n) is 14.7. The number of carbonyl (C=O) groups excluding carboxylic acids is 2. The van der Waals surface area contributed by atoms with Crippen molar-refractivity contribution >= 4 is 17.5 Å². The van der Waals surface area contributed by atoms with Crippen LogP contribution >= 0.6 is 0 Å². The van der Waals surface area contributed by atoms with Crippen LogP contribution in [0.15, 0.2) is 66.7 Å². The molecule has 1 atom stereocenters. The molecule has 3 N–H and O–H groups in total. The molecule has 4 rings (SSSR count). The Balaban J connectivity index is 1.60. The van der Waals surface area contributed by atoms with Crippen molar-refractivity contribution in [2.45, 2.75) is 50.3 Å². The first-order chi connectivity index (χ1) is 20.9. The zero-order chi connectivity index (χ0) is 31.9. The Hall–Kier alpha value is -4.20. The van der Waals surface area contributed by atoms with Gasteiger partial charge >= 0.3 is 6.18 Å². The summed E-state index contributed by atoms with van der Waals surface area (Å²) in [5.74, 6) is -1.37. The highest BCUT2D eigenvalue weighted by molar-refractivity contribution is 5.98. The molecule has 44 heavy (non-hydrogen) atoms. The maximum absolute atomic E-state index is 13.7. The van der Waals surface area contributed by atoms with Gasteiger partial charge in [-0.25, -0.2) is 0 Å². The summed E-state index contributed by atoms with van der Waals surface area (Å²) in [6.45, 7) is 1.22. The number of nitriles is 1. The molecule has 3 aromatic rings. The molecule has 1 saturated carbocycles. The van der Waals surface area contributed by atoms with E-state index in [1.54, 1.807) is 24.3 Å². The van der Waals surface area contributed by atoms with Crippen molar-refractivity contribution in [2.75, 3.05) is 32.5 Å². The minimum Gasteiger partial charge on any atom is -0.379 e. The van der Waals surface area contributed by atoms with Crippen LogP contribution in [0.2, 0.25) is 0 Å². The second-order valence-corrected chi connectivity index (χ2v) is 11.6. The molecule has 10 heteroatoms. The molecule has 1 aliphatic carbocycles. The Morgan fingerprint density at radius 1 is 0.977 bits per heavy atom. The summed E-state index contributed by atoms with van der Waals surface area (Å²) in [5, 5.41) is 26.5. The van der Waals surface area contributed by atoms with Crippen LogP contribution in [-0.2, 0) is 17.4 Å². The van der Waals surface area contributed by atoms with Crippen LogP contribution in [0.25, 0.3) is 11.1 Å². The van der Waals surface area contributed by atoms with Crippen molar-refractivity contribution in [3.05, 3.63) is 89.0 Å². The monoisotopic (exact) mass is 606 g/mol. The molecule has 1 aliphatic rings. The average Bonchev–Trinajstić information content (AvgIpc) is 3.01. The Labute approximate surface area is 255 Å². The fourth-order valence-corrected chi connectivity index (χ4v) is 5.69. The van der Waals surface area contributed by atoms with E-state index in [1.807, 2.05) is 43.3 Å². The van der Waals surface area contributed by atoms with Gasteiger partial charge in [-0.3, -0.25) is 9.59 Å². The predicted octanol–water partition coefficient (Wildman–Crippen LogP) is 6.03. The topological polar surface area (TPSA) is 105 Å². The van der Waals surface area contributed by atoms with Crippen molar-refractivity contribution in [3.8, 4) is 17.2 Å². The number of likely N-dealkylation sites (N-methyl/N-ethyl adjacent to an activating group) is 1. The fraction of sp³-hybridized carbons (Fsp3) is 0.382. The molecule has 1 fully saturated rings. The zero-order valence-electron chi connectivity index (χ0n) is 24.9. The summed E-state index contributed by atoms with van der Waals surface area (Å²) >= 11 is 0. The van der Waals surface area contributed by atoms with Gasteiger partial charge in [-0.05, 0) is 79.9 Å². The maximum Gasteiger partial charge on any atom is 0.417 e. The Morgan fingerprint density at radius 3 is 2.32 bits per heavy atom. The van der Waals surface area contributed by atoms with Crippen LogP contribution in [0.3, 0.4) is 0 Å². The normalized spacial score (nSPS) is 15.3. The van der Waals surface area contributed by atoms with Gasteiger partial charge in [-0.1, -0.05) is 55.7 Å². The van der Waals surface area contributed by atoms with Gasteiger partial charge < -0.3 is 20.6 Å². The van der Waals surface area contributed by atoms with Crippen molar-refractivity contribution in [2.24, 2.45) is 5.92 Å². The number of alkyl halides is 3. The lowest BCUT2D eigenvalue weighted by molar-refractivity contribution is -0.142. The molecule has 7 nitrogen and oxygen atoms in total. The lowest BCUT2D eigenvalue weighted by Crippen LogP contribution is -2.51. The van der Waals surface area contributed by atoms with Gasteiger partial charge in [0.1, 0.15) is 5.60 Å². The quantitative estimate of drug-likeness (QED) is 0.262. The number of nitrogens with one attached hydrogen (secondary N) is 2. The van der Waals surface area contributed by atoms with E-state index in [2.05, 4.69) is 10.6 Å². The summed E-state index contributed by atoms with van der Waals surface area (Å²) in [5.41, 5.74) is -0.990. The van der Waals surface area contributed by atoms with E-state index in [1.165, 1.54) is 12.1 Å². The van der Waals surface area contributed by atoms with Crippen LogP contribution in [0.1, 0.15) is 59.2 Å². The molecule has 0 radical (unpaired) electrons. The molecule has 2 amide bonds. The van der Waals surface area contributed by atoms with Gasteiger partial charge in [-0.15, -0.1) is 0 Å². The lowest BCUT2D eigenvalue weighted by atomic mass is 9.73. The van der Waals surface area contributed by atoms with Gasteiger partial charge in [-0.2, -0.15) is 18.4 Å². The molecule has 0 heterocycles. The van der Waals surface area contributed by atoms with Gasteiger partial charge in [0.25, 0.3) is 11.8 Å². The van der Waals surface area contributed by atoms with Gasteiger partial charge in [0.2, 0.25) is 0 Å². The minimum absolute atomic E-state index is 0.0511. The first kappa shape index (κ1) is 32.7. The minimum atomic E-state index is -4.78. The van der Waals surface area contributed by atoms with Crippen molar-refractivity contribution in [1.29, 1.82) is 5.26 Å². The number of hydrogen-bond donors (Lipinski definition) is 3. The summed E-state index contributed by atoms with van der Waals surface area (Å²) in [7, 11) is 3.85. The summed E-state index contributed by atoms with van der Waals surface area (Å²) in [6, 6.07) is 19.0. The largest absolute Gasteiger partial charge is 0.417 e. The standard InChI is InChI=1S/C34H37F3N4O3/c1-41(2)17-16-39-31(42)26-11-7-10-25(19-26)24-9-6-8-23(18-24)21-33(44,28-12-4-3-5-13-28)32(43)40-29-15-14-27(22-38)30(20-29)34(35,36)37/h6-11,14-15,18-20,28,44H,3-5,12-13,16-17,21H2,1-2H3,(H,39,42)(H,40,43). The number of halogens is 3. The number of anilines is 1. The number of benzene rings is 3. The number of rotatable bonds is 10. The van der Waals surface area contributed by atoms with Crippen LogP contribution in [-0.4, -0.2) is 54.6 Å². The van der Waals surface area contributed by atoms with Crippen molar-refractivity contribution < 1.29 is 27.9 Å². The predicted molar refractivity (Wildman–Crippen MR) is 163 cm³/mol. The van der Waals surface area contributed by atoms with E-state index < -0.39 is 34.7 Å². The van der Waals surface area contributed by atoms with Crippen molar-refractivity contribution in [3.63, 3.8) is 0 Å². The maximum atomic E-state index is 13.7. The fourth-order valence-electron chi connectivity index (χ4n) is 5.69. The highest BCUT2D eigenvalue weighted by Crippen LogP contribution is 2.38. The second-order valence-electron chi connectivity index (χ2n) is 11.6. The molecule has 3 aromatic carbocycles. The Bertz CT molecular complexity index is 1530. The van der Waals surface area contributed by atoms with Crippen LogP contribution < -0.4 is 10.6 Å². The molecule has 1 unspecified atom stereocenters. The lowest BCUT2D eigenvalue weighted by Gasteiger charge is -2.37. The smallest absolute Gasteiger partial charge is 0.379 e. The molecule has 0 bridgehead atoms. The number of carbonyl (C=O) groups is 2. The SMILES string of the molecule is CN(C)CCNC(=O)c1cccc(-c2cccc(CC(O)(C(=O)Nc3ccc(C#N)c(C(F)(F)F)c3)C3CCCCC3)c2)c1. The third-order valence-electron chi connectivity index (χ3n) is 8.08. The van der Waals surface area contributed by atoms with E-state index in [0.29, 0.717) is 37.1 Å². The molecular weight excluding hydrogens is 569 g/mol. The van der Waals surface area contributed by atoms with E-state index in [9.17, 15) is 27.9 Å². The van der Waals surface area contributed by atoms with E-state index >= 15 is 0 Å². The summed E-state index contributed by atoms with van der Waals surface area (Å²) in [6.07, 6.45) is -0.975. The highest BCUT2D eigenvalue weighted by Gasteiger charge is 2.44. The zero-order valence-corrected chi connectivity index (χ0v) is 24.9. The third-order valence-corrected chi connectivity index (χ3v) is 8.08. The number of hydrogen-bond acceptors (Lipinski definition) is 5. The summed E-state index contributed by atoms with van der Waals surface area (Å²) in [4.78, 5) is 28.4. The molecule has 232 valence electrons. The van der Waals surface area contributed by atoms with Crippen LogP contribution in [0.5, 0.6) is 0 Å². The molecule has 0 saturated heterocycles. The van der Waals surface area contributed by atoms with E-state index in [-0.39, 0.29) is 18.0 Å². The molecular formula is C34H37F3N4O3. The number of amides is 2.